The Morgan fingerprint density at radius 2 is 1.64 bits per heavy atom. The standard InChI is InChI=1S/C22H23NO2/c1-3-22(25-2,18-12-5-4-6-13-18)16-23-21(24)20-15-9-11-17-10-7-8-14-19(17)20/h4-15H,3,16H2,1-2H3,(H,23,24)/t22-/m0/s1. The van der Waals surface area contributed by atoms with Gasteiger partial charge >= 0.3 is 0 Å². The number of carbonyl (C=O) groups excluding carboxylic acids is 1. The first kappa shape index (κ1) is 17.2. The van der Waals surface area contributed by atoms with Crippen molar-refractivity contribution in [3.8, 4) is 0 Å². The molecule has 0 bridgehead atoms. The summed E-state index contributed by atoms with van der Waals surface area (Å²) in [5.41, 5.74) is 1.23. The van der Waals surface area contributed by atoms with E-state index < -0.39 is 5.60 Å². The lowest BCUT2D eigenvalue weighted by molar-refractivity contribution is -0.0164. The average Bonchev–Trinajstić information content (AvgIpc) is 2.69. The van der Waals surface area contributed by atoms with E-state index >= 15 is 0 Å². The predicted molar refractivity (Wildman–Crippen MR) is 102 cm³/mol. The SMILES string of the molecule is CC[C@@](CNC(=O)c1cccc2ccccc12)(OC)c1ccccc1. The minimum absolute atomic E-state index is 0.0809. The maximum atomic E-state index is 12.8. The zero-order valence-corrected chi connectivity index (χ0v) is 14.7. The van der Waals surface area contributed by atoms with E-state index in [1.807, 2.05) is 72.8 Å². The smallest absolute Gasteiger partial charge is 0.252 e. The van der Waals surface area contributed by atoms with E-state index in [-0.39, 0.29) is 5.91 Å². The fraction of sp³-hybridized carbons (Fsp3) is 0.227. The van der Waals surface area contributed by atoms with Crippen LogP contribution in [0.15, 0.2) is 72.8 Å². The molecule has 0 fully saturated rings. The van der Waals surface area contributed by atoms with E-state index in [1.165, 1.54) is 0 Å². The summed E-state index contributed by atoms with van der Waals surface area (Å²) in [6.07, 6.45) is 0.767. The van der Waals surface area contributed by atoms with Gasteiger partial charge in [-0.1, -0.05) is 73.7 Å². The molecule has 3 aromatic rings. The summed E-state index contributed by atoms with van der Waals surface area (Å²) >= 11 is 0. The first-order chi connectivity index (χ1) is 12.2. The van der Waals surface area contributed by atoms with Crippen molar-refractivity contribution in [1.82, 2.24) is 5.32 Å². The molecular weight excluding hydrogens is 310 g/mol. The van der Waals surface area contributed by atoms with E-state index in [9.17, 15) is 4.79 Å². The maximum Gasteiger partial charge on any atom is 0.252 e. The second-order valence-corrected chi connectivity index (χ2v) is 6.13. The molecule has 3 aromatic carbocycles. The van der Waals surface area contributed by atoms with Crippen molar-refractivity contribution in [2.24, 2.45) is 0 Å². The van der Waals surface area contributed by atoms with Crippen molar-refractivity contribution in [3.05, 3.63) is 83.9 Å². The molecule has 0 spiro atoms. The Morgan fingerprint density at radius 3 is 2.36 bits per heavy atom. The van der Waals surface area contributed by atoms with Crippen molar-refractivity contribution in [2.75, 3.05) is 13.7 Å². The summed E-state index contributed by atoms with van der Waals surface area (Å²) in [5.74, 6) is -0.0809. The Bertz CT molecular complexity index is 849. The second kappa shape index (κ2) is 7.49. The monoisotopic (exact) mass is 333 g/mol. The van der Waals surface area contributed by atoms with Gasteiger partial charge in [-0.3, -0.25) is 4.79 Å². The molecule has 1 amide bonds. The summed E-state index contributed by atoms with van der Waals surface area (Å²) < 4.78 is 5.83. The van der Waals surface area contributed by atoms with Gasteiger partial charge in [-0.05, 0) is 28.8 Å². The van der Waals surface area contributed by atoms with Crippen molar-refractivity contribution in [3.63, 3.8) is 0 Å². The Kier molecular flexibility index (Phi) is 5.15. The number of rotatable bonds is 6. The molecule has 0 aliphatic rings. The van der Waals surface area contributed by atoms with E-state index in [1.54, 1.807) is 7.11 Å². The quantitative estimate of drug-likeness (QED) is 0.720. The van der Waals surface area contributed by atoms with E-state index in [2.05, 4.69) is 12.2 Å². The molecule has 0 aliphatic heterocycles. The molecule has 0 aliphatic carbocycles. The van der Waals surface area contributed by atoms with E-state index in [4.69, 9.17) is 4.74 Å². The van der Waals surface area contributed by atoms with Crippen LogP contribution in [0.5, 0.6) is 0 Å². The number of hydrogen-bond acceptors (Lipinski definition) is 2. The number of methoxy groups -OCH3 is 1. The van der Waals surface area contributed by atoms with Gasteiger partial charge in [0.05, 0.1) is 6.54 Å². The molecule has 0 radical (unpaired) electrons. The van der Waals surface area contributed by atoms with Crippen LogP contribution >= 0.6 is 0 Å². The molecule has 0 saturated heterocycles. The zero-order valence-electron chi connectivity index (χ0n) is 14.7. The van der Waals surface area contributed by atoms with Crippen LogP contribution in [-0.4, -0.2) is 19.6 Å². The number of hydrogen-bond donors (Lipinski definition) is 1. The third-order valence-electron chi connectivity index (χ3n) is 4.83. The number of nitrogens with one attached hydrogen (secondary N) is 1. The predicted octanol–water partition coefficient (Wildman–Crippen LogP) is 4.52. The van der Waals surface area contributed by atoms with Crippen LogP contribution in [0.4, 0.5) is 0 Å². The minimum Gasteiger partial charge on any atom is -0.372 e. The van der Waals surface area contributed by atoms with Crippen LogP contribution in [0, 0.1) is 0 Å². The summed E-state index contributed by atoms with van der Waals surface area (Å²) in [5, 5.41) is 5.09. The highest BCUT2D eigenvalue weighted by Crippen LogP contribution is 2.28. The van der Waals surface area contributed by atoms with Gasteiger partial charge < -0.3 is 10.1 Å². The maximum absolute atomic E-state index is 12.8. The molecular formula is C22H23NO2. The highest BCUT2D eigenvalue weighted by atomic mass is 16.5. The van der Waals surface area contributed by atoms with Gasteiger partial charge in [-0.15, -0.1) is 0 Å². The normalized spacial score (nSPS) is 13.4. The van der Waals surface area contributed by atoms with Gasteiger partial charge in [0.1, 0.15) is 5.60 Å². The molecule has 0 aromatic heterocycles. The first-order valence-corrected chi connectivity index (χ1v) is 8.57. The van der Waals surface area contributed by atoms with E-state index in [0.29, 0.717) is 12.1 Å². The Balaban J connectivity index is 1.85. The number of ether oxygens (including phenoxy) is 1. The summed E-state index contributed by atoms with van der Waals surface area (Å²) in [6, 6.07) is 23.8. The zero-order chi connectivity index (χ0) is 17.7. The summed E-state index contributed by atoms with van der Waals surface area (Å²) in [6.45, 7) is 2.49. The van der Waals surface area contributed by atoms with Crippen LogP contribution in [0.2, 0.25) is 0 Å². The molecule has 128 valence electrons. The van der Waals surface area contributed by atoms with Crippen molar-refractivity contribution in [1.29, 1.82) is 0 Å². The number of amides is 1. The van der Waals surface area contributed by atoms with Crippen LogP contribution in [0.1, 0.15) is 29.3 Å². The number of fused-ring (bicyclic) bond motifs is 1. The van der Waals surface area contributed by atoms with Gasteiger partial charge in [-0.2, -0.15) is 0 Å². The first-order valence-electron chi connectivity index (χ1n) is 8.57. The van der Waals surface area contributed by atoms with Gasteiger partial charge in [0.15, 0.2) is 0 Å². The van der Waals surface area contributed by atoms with Gasteiger partial charge in [0.25, 0.3) is 5.91 Å². The third-order valence-corrected chi connectivity index (χ3v) is 4.83. The minimum atomic E-state index is -0.526. The molecule has 0 heterocycles. The van der Waals surface area contributed by atoms with Crippen LogP contribution < -0.4 is 5.32 Å². The molecule has 3 rings (SSSR count). The van der Waals surface area contributed by atoms with Gasteiger partial charge in [-0.25, -0.2) is 0 Å². The second-order valence-electron chi connectivity index (χ2n) is 6.13. The summed E-state index contributed by atoms with van der Waals surface area (Å²) in [7, 11) is 1.70. The number of benzene rings is 3. The third kappa shape index (κ3) is 3.42. The molecule has 0 saturated carbocycles. The lowest BCUT2D eigenvalue weighted by Crippen LogP contribution is -2.42. The van der Waals surface area contributed by atoms with Crippen LogP contribution in [-0.2, 0) is 10.3 Å². The lowest BCUT2D eigenvalue weighted by atomic mass is 9.90. The Morgan fingerprint density at radius 1 is 0.960 bits per heavy atom. The molecule has 0 unspecified atom stereocenters. The topological polar surface area (TPSA) is 38.3 Å². The van der Waals surface area contributed by atoms with Gasteiger partial charge in [0.2, 0.25) is 0 Å². The highest BCUT2D eigenvalue weighted by Gasteiger charge is 2.30. The van der Waals surface area contributed by atoms with Crippen molar-refractivity contribution >= 4 is 16.7 Å². The fourth-order valence-corrected chi connectivity index (χ4v) is 3.25. The lowest BCUT2D eigenvalue weighted by Gasteiger charge is -2.32. The molecule has 3 heteroatoms. The van der Waals surface area contributed by atoms with Crippen LogP contribution in [0.25, 0.3) is 10.8 Å². The van der Waals surface area contributed by atoms with Crippen LogP contribution in [0.3, 0.4) is 0 Å². The highest BCUT2D eigenvalue weighted by molar-refractivity contribution is 6.07. The fourth-order valence-electron chi connectivity index (χ4n) is 3.25. The van der Waals surface area contributed by atoms with Crippen molar-refractivity contribution in [2.45, 2.75) is 18.9 Å². The van der Waals surface area contributed by atoms with Crippen molar-refractivity contribution < 1.29 is 9.53 Å². The molecule has 3 nitrogen and oxygen atoms in total. The van der Waals surface area contributed by atoms with E-state index in [0.717, 1.165) is 22.8 Å². The Hall–Kier alpha value is -2.65. The largest absolute Gasteiger partial charge is 0.372 e. The summed E-state index contributed by atoms with van der Waals surface area (Å²) in [4.78, 5) is 12.8. The molecule has 1 atom stereocenters. The Labute approximate surface area is 148 Å². The average molecular weight is 333 g/mol. The molecule has 25 heavy (non-hydrogen) atoms. The molecule has 1 N–H and O–H groups in total. The van der Waals surface area contributed by atoms with Gasteiger partial charge in [0, 0.05) is 12.7 Å². The number of carbonyl (C=O) groups is 1.